The Morgan fingerprint density at radius 1 is 1.00 bits per heavy atom. The van der Waals surface area contributed by atoms with Crippen molar-refractivity contribution in [1.29, 1.82) is 0 Å². The van der Waals surface area contributed by atoms with Crippen molar-refractivity contribution in [3.8, 4) is 0 Å². The Hall–Kier alpha value is -1.84. The zero-order chi connectivity index (χ0) is 15.8. The minimum atomic E-state index is 0. The van der Waals surface area contributed by atoms with Crippen LogP contribution >= 0.6 is 12.4 Å². The topological polar surface area (TPSA) is 25.2 Å². The van der Waals surface area contributed by atoms with Crippen LogP contribution in [-0.2, 0) is 0 Å². The highest BCUT2D eigenvalue weighted by molar-refractivity contribution is 6.13. The molecule has 1 aliphatic heterocycles. The fourth-order valence-corrected chi connectivity index (χ4v) is 3.83. The summed E-state index contributed by atoms with van der Waals surface area (Å²) >= 11 is 0. The Bertz CT molecular complexity index is 817. The molecule has 126 valence electrons. The molecule has 4 heteroatoms. The van der Waals surface area contributed by atoms with Gasteiger partial charge in [0, 0.05) is 16.8 Å². The minimum absolute atomic E-state index is 0. The summed E-state index contributed by atoms with van der Waals surface area (Å²) in [6, 6.07) is 16.9. The zero-order valence-corrected chi connectivity index (χ0v) is 14.8. The highest BCUT2D eigenvalue weighted by Crippen LogP contribution is 2.29. The average Bonchev–Trinajstić information content (AvgIpc) is 2.91. The Balaban J connectivity index is 0.00000169. The van der Waals surface area contributed by atoms with E-state index in [1.165, 1.54) is 19.3 Å². The van der Waals surface area contributed by atoms with Gasteiger partial charge in [0.2, 0.25) is 5.91 Å². The number of aromatic nitrogens is 1. The molecule has 0 radical (unpaired) electrons. The SMILES string of the molecule is CC1CCCCN1CC(=O)n1c2ccccc2c2ccccc21.Cl. The third-order valence-corrected chi connectivity index (χ3v) is 5.11. The lowest BCUT2D eigenvalue weighted by atomic mass is 10.0. The average molecular weight is 343 g/mol. The Morgan fingerprint density at radius 2 is 1.58 bits per heavy atom. The first-order chi connectivity index (χ1) is 11.3. The van der Waals surface area contributed by atoms with Crippen LogP contribution in [0, 0.1) is 0 Å². The van der Waals surface area contributed by atoms with Crippen LogP contribution in [0.15, 0.2) is 48.5 Å². The molecule has 0 saturated carbocycles. The first-order valence-electron chi connectivity index (χ1n) is 8.51. The van der Waals surface area contributed by atoms with Crippen LogP contribution in [0.1, 0.15) is 31.0 Å². The number of likely N-dealkylation sites (tertiary alicyclic amines) is 1. The Labute approximate surface area is 148 Å². The number of piperidine rings is 1. The number of carbonyl (C=O) groups is 1. The molecule has 1 aliphatic rings. The lowest BCUT2D eigenvalue weighted by molar-refractivity contribution is 0.0789. The molecule has 1 aromatic heterocycles. The minimum Gasteiger partial charge on any atom is -0.292 e. The third kappa shape index (κ3) is 2.83. The molecule has 2 heterocycles. The van der Waals surface area contributed by atoms with E-state index in [1.54, 1.807) is 0 Å². The second-order valence-electron chi connectivity index (χ2n) is 6.58. The van der Waals surface area contributed by atoms with E-state index in [2.05, 4.69) is 24.0 Å². The molecule has 1 atom stereocenters. The van der Waals surface area contributed by atoms with Crippen molar-refractivity contribution in [3.05, 3.63) is 48.5 Å². The van der Waals surface area contributed by atoms with Gasteiger partial charge >= 0.3 is 0 Å². The predicted molar refractivity (Wildman–Crippen MR) is 102 cm³/mol. The molecular formula is C20H23ClN2O. The fraction of sp³-hybridized carbons (Fsp3) is 0.350. The number of hydrogen-bond donors (Lipinski definition) is 0. The van der Waals surface area contributed by atoms with Gasteiger partial charge in [0.25, 0.3) is 0 Å². The van der Waals surface area contributed by atoms with Crippen LogP contribution in [0.4, 0.5) is 0 Å². The number of benzene rings is 2. The monoisotopic (exact) mass is 342 g/mol. The second-order valence-corrected chi connectivity index (χ2v) is 6.58. The standard InChI is InChI=1S/C20H22N2O.ClH/c1-15-8-6-7-13-21(15)14-20(23)22-18-11-4-2-9-16(18)17-10-3-5-12-19(17)22;/h2-5,9-12,15H,6-8,13-14H2,1H3;1H. The smallest absolute Gasteiger partial charge is 0.245 e. The number of rotatable bonds is 2. The van der Waals surface area contributed by atoms with E-state index >= 15 is 0 Å². The van der Waals surface area contributed by atoms with E-state index in [4.69, 9.17) is 0 Å². The van der Waals surface area contributed by atoms with Crippen molar-refractivity contribution in [2.24, 2.45) is 0 Å². The summed E-state index contributed by atoms with van der Waals surface area (Å²) < 4.78 is 1.91. The molecule has 0 N–H and O–H groups in total. The molecule has 0 bridgehead atoms. The largest absolute Gasteiger partial charge is 0.292 e. The van der Waals surface area contributed by atoms with Crippen molar-refractivity contribution in [1.82, 2.24) is 9.47 Å². The van der Waals surface area contributed by atoms with Crippen molar-refractivity contribution < 1.29 is 4.79 Å². The van der Waals surface area contributed by atoms with Crippen LogP contribution in [0.25, 0.3) is 21.8 Å². The van der Waals surface area contributed by atoms with Gasteiger partial charge in [-0.3, -0.25) is 14.3 Å². The number of halogens is 1. The molecule has 2 aromatic carbocycles. The fourth-order valence-electron chi connectivity index (χ4n) is 3.83. The number of para-hydroxylation sites is 2. The van der Waals surface area contributed by atoms with Gasteiger partial charge in [-0.05, 0) is 38.4 Å². The first kappa shape index (κ1) is 17.0. The quantitative estimate of drug-likeness (QED) is 0.672. The van der Waals surface area contributed by atoms with Crippen LogP contribution in [0.5, 0.6) is 0 Å². The van der Waals surface area contributed by atoms with Gasteiger partial charge in [0.15, 0.2) is 0 Å². The highest BCUT2D eigenvalue weighted by atomic mass is 35.5. The van der Waals surface area contributed by atoms with Crippen LogP contribution in [0.2, 0.25) is 0 Å². The maximum atomic E-state index is 13.1. The predicted octanol–water partition coefficient (Wildman–Crippen LogP) is 4.73. The van der Waals surface area contributed by atoms with Gasteiger partial charge in [-0.25, -0.2) is 0 Å². The van der Waals surface area contributed by atoms with Crippen molar-refractivity contribution in [2.75, 3.05) is 13.1 Å². The molecular weight excluding hydrogens is 320 g/mol. The molecule has 1 saturated heterocycles. The van der Waals surface area contributed by atoms with Crippen molar-refractivity contribution >= 4 is 40.1 Å². The number of hydrogen-bond acceptors (Lipinski definition) is 2. The van der Waals surface area contributed by atoms with Gasteiger partial charge in [-0.2, -0.15) is 0 Å². The van der Waals surface area contributed by atoms with Gasteiger partial charge in [-0.15, -0.1) is 12.4 Å². The summed E-state index contributed by atoms with van der Waals surface area (Å²) in [5, 5.41) is 2.31. The molecule has 0 amide bonds. The molecule has 24 heavy (non-hydrogen) atoms. The lowest BCUT2D eigenvalue weighted by Gasteiger charge is -2.32. The van der Waals surface area contributed by atoms with E-state index in [1.807, 2.05) is 41.0 Å². The van der Waals surface area contributed by atoms with Crippen molar-refractivity contribution in [3.63, 3.8) is 0 Å². The Morgan fingerprint density at radius 3 is 2.17 bits per heavy atom. The Kier molecular flexibility index (Phi) is 4.93. The van der Waals surface area contributed by atoms with Crippen LogP contribution in [-0.4, -0.2) is 34.5 Å². The van der Waals surface area contributed by atoms with Crippen LogP contribution in [0.3, 0.4) is 0 Å². The molecule has 0 spiro atoms. The number of fused-ring (bicyclic) bond motifs is 3. The van der Waals surface area contributed by atoms with E-state index < -0.39 is 0 Å². The van der Waals surface area contributed by atoms with Gasteiger partial charge < -0.3 is 0 Å². The third-order valence-electron chi connectivity index (χ3n) is 5.11. The van der Waals surface area contributed by atoms with Gasteiger partial charge in [0.05, 0.1) is 17.6 Å². The lowest BCUT2D eigenvalue weighted by Crippen LogP contribution is -2.42. The number of carbonyl (C=O) groups excluding carboxylic acids is 1. The maximum Gasteiger partial charge on any atom is 0.245 e. The molecule has 3 nitrogen and oxygen atoms in total. The molecule has 0 aliphatic carbocycles. The molecule has 4 rings (SSSR count). The summed E-state index contributed by atoms with van der Waals surface area (Å²) in [5.41, 5.74) is 2.03. The van der Waals surface area contributed by atoms with Gasteiger partial charge in [-0.1, -0.05) is 42.8 Å². The summed E-state index contributed by atoms with van der Waals surface area (Å²) in [6.07, 6.45) is 3.67. The van der Waals surface area contributed by atoms with Crippen molar-refractivity contribution in [2.45, 2.75) is 32.2 Å². The van der Waals surface area contributed by atoms with E-state index in [9.17, 15) is 4.79 Å². The number of nitrogens with zero attached hydrogens (tertiary/aromatic N) is 2. The molecule has 1 fully saturated rings. The summed E-state index contributed by atoms with van der Waals surface area (Å²) in [6.45, 7) is 3.77. The van der Waals surface area contributed by atoms with E-state index in [0.717, 1.165) is 28.4 Å². The van der Waals surface area contributed by atoms with E-state index in [-0.39, 0.29) is 18.3 Å². The molecule has 1 unspecified atom stereocenters. The second kappa shape index (κ2) is 6.96. The van der Waals surface area contributed by atoms with E-state index in [0.29, 0.717) is 12.6 Å². The normalized spacial score (nSPS) is 18.6. The molecule has 3 aromatic rings. The summed E-state index contributed by atoms with van der Waals surface area (Å²) in [4.78, 5) is 15.4. The highest BCUT2D eigenvalue weighted by Gasteiger charge is 2.23. The van der Waals surface area contributed by atoms with Gasteiger partial charge in [0.1, 0.15) is 0 Å². The zero-order valence-electron chi connectivity index (χ0n) is 13.9. The maximum absolute atomic E-state index is 13.1. The first-order valence-corrected chi connectivity index (χ1v) is 8.51. The summed E-state index contributed by atoms with van der Waals surface area (Å²) in [7, 11) is 0. The van der Waals surface area contributed by atoms with Crippen LogP contribution < -0.4 is 0 Å². The summed E-state index contributed by atoms with van der Waals surface area (Å²) in [5.74, 6) is 0.177.